The number of ether oxygens (including phenoxy) is 1. The van der Waals surface area contributed by atoms with Crippen LogP contribution in [0.2, 0.25) is 0 Å². The Hall–Kier alpha value is -1.39. The molecular formula is C13H19NO4. The smallest absolute Gasteiger partial charge is 0.318 e. The van der Waals surface area contributed by atoms with Crippen LogP contribution in [0.5, 0.6) is 0 Å². The number of esters is 1. The van der Waals surface area contributed by atoms with Crippen molar-refractivity contribution in [2.24, 2.45) is 11.3 Å². The number of nitrogens with zero attached hydrogens (tertiary/aromatic N) is 1. The first-order valence-corrected chi connectivity index (χ1v) is 6.23. The summed E-state index contributed by atoms with van der Waals surface area (Å²) in [5.74, 6) is -1.51. The van der Waals surface area contributed by atoms with Crippen LogP contribution in [0.4, 0.5) is 0 Å². The summed E-state index contributed by atoms with van der Waals surface area (Å²) in [5.41, 5.74) is -0.536. The van der Waals surface area contributed by atoms with E-state index >= 15 is 0 Å². The highest BCUT2D eigenvalue weighted by atomic mass is 16.5. The van der Waals surface area contributed by atoms with Crippen LogP contribution in [-0.2, 0) is 19.1 Å². The van der Waals surface area contributed by atoms with E-state index in [1.54, 1.807) is 4.90 Å². The van der Waals surface area contributed by atoms with Crippen molar-refractivity contribution in [2.75, 3.05) is 7.11 Å². The maximum Gasteiger partial charge on any atom is 0.318 e. The molecule has 2 fully saturated rings. The number of rotatable bonds is 1. The van der Waals surface area contributed by atoms with Gasteiger partial charge in [-0.1, -0.05) is 20.8 Å². The minimum atomic E-state index is -0.778. The van der Waals surface area contributed by atoms with Gasteiger partial charge in [0.25, 0.3) is 0 Å². The fraction of sp³-hybridized carbons (Fsp3) is 0.769. The SMILES string of the molecule is COC(=O)[C@H]1C(=O)[C@@H]2CC[C@H]1N2C(=O)C(C)(C)C. The molecule has 0 N–H and O–H groups in total. The molecule has 2 rings (SSSR count). The van der Waals surface area contributed by atoms with Crippen LogP contribution in [0, 0.1) is 11.3 Å². The molecule has 2 saturated heterocycles. The lowest BCUT2D eigenvalue weighted by atomic mass is 9.88. The number of amides is 1. The normalized spacial score (nSPS) is 30.8. The fourth-order valence-corrected chi connectivity index (χ4v) is 2.92. The van der Waals surface area contributed by atoms with Crippen LogP contribution >= 0.6 is 0 Å². The summed E-state index contributed by atoms with van der Waals surface area (Å²) in [6.45, 7) is 5.47. The van der Waals surface area contributed by atoms with Crippen LogP contribution in [0.1, 0.15) is 33.6 Å². The lowest BCUT2D eigenvalue weighted by Gasteiger charge is -2.29. The summed E-state index contributed by atoms with van der Waals surface area (Å²) in [5, 5.41) is 0. The number of Topliss-reactive ketones (excluding diaryl/α,β-unsaturated/α-hetero) is 1. The van der Waals surface area contributed by atoms with Crippen LogP contribution in [-0.4, -0.2) is 41.8 Å². The van der Waals surface area contributed by atoms with Gasteiger partial charge in [0, 0.05) is 5.41 Å². The topological polar surface area (TPSA) is 63.7 Å². The van der Waals surface area contributed by atoms with Crippen LogP contribution in [0.25, 0.3) is 0 Å². The standard InChI is InChI=1S/C13H19NO4/c1-13(2,3)12(17)14-7-5-6-8(14)10(15)9(7)11(16)18-4/h7-9H,5-6H2,1-4H3/t7-,8+,9-/m1/s1. The van der Waals surface area contributed by atoms with Crippen molar-refractivity contribution in [2.45, 2.75) is 45.7 Å². The molecule has 0 aromatic carbocycles. The first-order valence-electron chi connectivity index (χ1n) is 6.23. The van der Waals surface area contributed by atoms with E-state index in [0.29, 0.717) is 12.8 Å². The van der Waals surface area contributed by atoms with E-state index in [2.05, 4.69) is 4.74 Å². The van der Waals surface area contributed by atoms with E-state index in [-0.39, 0.29) is 17.7 Å². The molecule has 0 saturated carbocycles. The number of fused-ring (bicyclic) bond motifs is 2. The Morgan fingerprint density at radius 3 is 2.39 bits per heavy atom. The van der Waals surface area contributed by atoms with Gasteiger partial charge in [0.15, 0.2) is 5.78 Å². The van der Waals surface area contributed by atoms with Gasteiger partial charge in [-0.2, -0.15) is 0 Å². The molecular weight excluding hydrogens is 234 g/mol. The van der Waals surface area contributed by atoms with Crippen molar-refractivity contribution in [3.63, 3.8) is 0 Å². The Bertz CT molecular complexity index is 410. The second-order valence-electron chi connectivity index (χ2n) is 6.03. The van der Waals surface area contributed by atoms with Gasteiger partial charge < -0.3 is 9.64 Å². The van der Waals surface area contributed by atoms with Gasteiger partial charge in [-0.3, -0.25) is 14.4 Å². The summed E-state index contributed by atoms with van der Waals surface area (Å²) in [7, 11) is 1.28. The molecule has 2 heterocycles. The zero-order valence-corrected chi connectivity index (χ0v) is 11.2. The molecule has 18 heavy (non-hydrogen) atoms. The third-order valence-electron chi connectivity index (χ3n) is 3.78. The van der Waals surface area contributed by atoms with Crippen molar-refractivity contribution < 1.29 is 19.1 Å². The average Bonchev–Trinajstić information content (AvgIpc) is 2.81. The lowest BCUT2D eigenvalue weighted by Crippen LogP contribution is -2.44. The molecule has 0 spiro atoms. The number of hydrogen-bond donors (Lipinski definition) is 0. The Kier molecular flexibility index (Phi) is 2.95. The number of ketones is 1. The lowest BCUT2D eigenvalue weighted by molar-refractivity contribution is -0.149. The van der Waals surface area contributed by atoms with Crippen LogP contribution < -0.4 is 0 Å². The number of hydrogen-bond acceptors (Lipinski definition) is 4. The Morgan fingerprint density at radius 1 is 1.28 bits per heavy atom. The summed E-state index contributed by atoms with van der Waals surface area (Å²) in [6, 6.07) is -0.729. The molecule has 3 atom stereocenters. The van der Waals surface area contributed by atoms with Crippen molar-refractivity contribution >= 4 is 17.7 Å². The maximum atomic E-state index is 12.4. The number of methoxy groups -OCH3 is 1. The van der Waals surface area contributed by atoms with Gasteiger partial charge in [0.05, 0.1) is 19.2 Å². The summed E-state index contributed by atoms with van der Waals surface area (Å²) >= 11 is 0. The second-order valence-corrected chi connectivity index (χ2v) is 6.03. The summed E-state index contributed by atoms with van der Waals surface area (Å²) in [4.78, 5) is 37.7. The van der Waals surface area contributed by atoms with E-state index in [0.717, 1.165) is 0 Å². The van der Waals surface area contributed by atoms with Crippen molar-refractivity contribution in [1.82, 2.24) is 4.90 Å². The Morgan fingerprint density at radius 2 is 1.89 bits per heavy atom. The van der Waals surface area contributed by atoms with E-state index < -0.39 is 23.3 Å². The largest absolute Gasteiger partial charge is 0.468 e. The molecule has 0 radical (unpaired) electrons. The quantitative estimate of drug-likeness (QED) is 0.511. The molecule has 2 aliphatic rings. The molecule has 0 aromatic heterocycles. The van der Waals surface area contributed by atoms with Gasteiger partial charge in [-0.15, -0.1) is 0 Å². The molecule has 2 aliphatic heterocycles. The van der Waals surface area contributed by atoms with Gasteiger partial charge >= 0.3 is 5.97 Å². The van der Waals surface area contributed by atoms with E-state index in [4.69, 9.17) is 0 Å². The third-order valence-corrected chi connectivity index (χ3v) is 3.78. The highest BCUT2D eigenvalue weighted by molar-refractivity contribution is 6.07. The molecule has 100 valence electrons. The first kappa shape index (κ1) is 13.1. The van der Waals surface area contributed by atoms with Crippen molar-refractivity contribution in [1.29, 1.82) is 0 Å². The number of carbonyl (C=O) groups is 3. The Labute approximate surface area is 106 Å². The molecule has 0 aromatic rings. The second kappa shape index (κ2) is 4.07. The minimum Gasteiger partial charge on any atom is -0.468 e. The minimum absolute atomic E-state index is 0.0604. The fourth-order valence-electron chi connectivity index (χ4n) is 2.92. The molecule has 0 unspecified atom stereocenters. The Balaban J connectivity index is 2.29. The predicted octanol–water partition coefficient (Wildman–Crippen LogP) is 0.764. The molecule has 5 nitrogen and oxygen atoms in total. The van der Waals surface area contributed by atoms with E-state index in [1.807, 2.05) is 20.8 Å². The van der Waals surface area contributed by atoms with E-state index in [1.165, 1.54) is 7.11 Å². The first-order chi connectivity index (χ1) is 8.29. The van der Waals surface area contributed by atoms with Crippen molar-refractivity contribution in [3.8, 4) is 0 Å². The zero-order valence-electron chi connectivity index (χ0n) is 11.2. The maximum absolute atomic E-state index is 12.4. The molecule has 1 amide bonds. The highest BCUT2D eigenvalue weighted by Gasteiger charge is 2.58. The summed E-state index contributed by atoms with van der Waals surface area (Å²) < 4.78 is 4.67. The van der Waals surface area contributed by atoms with Crippen LogP contribution in [0.15, 0.2) is 0 Å². The third kappa shape index (κ3) is 1.72. The van der Waals surface area contributed by atoms with Gasteiger partial charge in [-0.05, 0) is 12.8 Å². The predicted molar refractivity (Wildman–Crippen MR) is 63.6 cm³/mol. The molecule has 0 aliphatic carbocycles. The van der Waals surface area contributed by atoms with Gasteiger partial charge in [-0.25, -0.2) is 0 Å². The monoisotopic (exact) mass is 253 g/mol. The number of carbonyl (C=O) groups excluding carboxylic acids is 3. The van der Waals surface area contributed by atoms with Gasteiger partial charge in [0.1, 0.15) is 5.92 Å². The van der Waals surface area contributed by atoms with Crippen molar-refractivity contribution in [3.05, 3.63) is 0 Å². The van der Waals surface area contributed by atoms with Gasteiger partial charge in [0.2, 0.25) is 5.91 Å². The average molecular weight is 253 g/mol. The van der Waals surface area contributed by atoms with Crippen LogP contribution in [0.3, 0.4) is 0 Å². The zero-order chi connectivity index (χ0) is 13.7. The highest BCUT2D eigenvalue weighted by Crippen LogP contribution is 2.41. The molecule has 5 heteroatoms. The van der Waals surface area contributed by atoms with E-state index in [9.17, 15) is 14.4 Å². The summed E-state index contributed by atoms with van der Waals surface area (Å²) in [6.07, 6.45) is 1.37. The molecule has 2 bridgehead atoms.